The Labute approximate surface area is 97.9 Å². The smallest absolute Gasteiger partial charge is 0.126 e. The molecule has 1 rings (SSSR count). The van der Waals surface area contributed by atoms with Crippen LogP contribution in [0.4, 0.5) is 0 Å². The number of hydrogen-bond donors (Lipinski definition) is 1. The second-order valence-corrected chi connectivity index (χ2v) is 4.27. The van der Waals surface area contributed by atoms with E-state index < -0.39 is 0 Å². The van der Waals surface area contributed by atoms with Gasteiger partial charge in [-0.25, -0.2) is 0 Å². The average Bonchev–Trinajstić information content (AvgIpc) is 2.15. The van der Waals surface area contributed by atoms with Crippen molar-refractivity contribution >= 4 is 39.8 Å². The average molecular weight is 252 g/mol. The van der Waals surface area contributed by atoms with Crippen molar-refractivity contribution in [1.29, 1.82) is 0 Å². The van der Waals surface area contributed by atoms with Crippen molar-refractivity contribution in [3.05, 3.63) is 39.4 Å². The second-order valence-electron chi connectivity index (χ2n) is 2.94. The largest absolute Gasteiger partial charge is 0.392 e. The van der Waals surface area contributed by atoms with Gasteiger partial charge in [0.25, 0.3) is 0 Å². The summed E-state index contributed by atoms with van der Waals surface area (Å²) in [5.74, 6) is 0. The summed E-state index contributed by atoms with van der Waals surface area (Å²) in [5, 5.41) is 9.28. The van der Waals surface area contributed by atoms with Crippen LogP contribution in [0.3, 0.4) is 0 Å². The second kappa shape index (κ2) is 5.04. The monoisotopic (exact) mass is 250 g/mol. The van der Waals surface area contributed by atoms with Crippen LogP contribution in [-0.2, 0) is 6.61 Å². The van der Waals surface area contributed by atoms with Gasteiger partial charge in [-0.3, -0.25) is 0 Å². The molecule has 0 bridgehead atoms. The Morgan fingerprint density at radius 1 is 1.21 bits per heavy atom. The number of rotatable bonds is 2. The summed E-state index contributed by atoms with van der Waals surface area (Å²) in [4.78, 5) is 0. The van der Waals surface area contributed by atoms with Gasteiger partial charge in [-0.05, 0) is 24.1 Å². The van der Waals surface area contributed by atoms with E-state index in [0.717, 1.165) is 16.7 Å². The van der Waals surface area contributed by atoms with Crippen molar-refractivity contribution in [2.24, 2.45) is 0 Å². The molecule has 0 aliphatic rings. The molecule has 0 spiro atoms. The van der Waals surface area contributed by atoms with Gasteiger partial charge < -0.3 is 5.11 Å². The molecule has 0 aliphatic heterocycles. The SMILES string of the molecule is Cc1cc(CO)cc(C(Cl)=C(Cl)Cl)c1. The van der Waals surface area contributed by atoms with Gasteiger partial charge in [0.05, 0.1) is 11.6 Å². The minimum Gasteiger partial charge on any atom is -0.392 e. The molecule has 0 fully saturated rings. The molecule has 0 heterocycles. The van der Waals surface area contributed by atoms with Crippen LogP contribution >= 0.6 is 34.8 Å². The van der Waals surface area contributed by atoms with Gasteiger partial charge in [0, 0.05) is 0 Å². The van der Waals surface area contributed by atoms with Gasteiger partial charge >= 0.3 is 0 Å². The highest BCUT2D eigenvalue weighted by Crippen LogP contribution is 2.29. The number of aliphatic hydroxyl groups is 1. The van der Waals surface area contributed by atoms with Crippen LogP contribution in [0.2, 0.25) is 0 Å². The summed E-state index contributed by atoms with van der Waals surface area (Å²) in [7, 11) is 0. The molecule has 0 aromatic heterocycles. The van der Waals surface area contributed by atoms with Crippen molar-refractivity contribution in [2.45, 2.75) is 13.5 Å². The van der Waals surface area contributed by atoms with E-state index in [1.807, 2.05) is 19.1 Å². The molecule has 0 unspecified atom stereocenters. The first-order chi connectivity index (χ1) is 6.54. The van der Waals surface area contributed by atoms with Crippen LogP contribution in [0.1, 0.15) is 16.7 Å². The molecule has 1 aromatic carbocycles. The predicted octanol–water partition coefficient (Wildman–Crippen LogP) is 3.83. The van der Waals surface area contributed by atoms with Crippen molar-refractivity contribution < 1.29 is 5.11 Å². The van der Waals surface area contributed by atoms with Crippen molar-refractivity contribution in [2.75, 3.05) is 0 Å². The molecule has 0 radical (unpaired) electrons. The molecule has 1 nitrogen and oxygen atoms in total. The molecule has 76 valence electrons. The van der Waals surface area contributed by atoms with E-state index in [1.54, 1.807) is 6.07 Å². The lowest BCUT2D eigenvalue weighted by Gasteiger charge is -2.04. The minimum atomic E-state index is -0.0290. The Bertz CT molecular complexity index is 368. The Kier molecular flexibility index (Phi) is 4.27. The molecule has 0 saturated carbocycles. The zero-order valence-electron chi connectivity index (χ0n) is 7.52. The van der Waals surface area contributed by atoms with E-state index in [0.29, 0.717) is 5.03 Å². The number of aryl methyl sites for hydroxylation is 1. The molecular weight excluding hydrogens is 242 g/mol. The zero-order valence-corrected chi connectivity index (χ0v) is 9.79. The first-order valence-corrected chi connectivity index (χ1v) is 5.10. The van der Waals surface area contributed by atoms with Gasteiger partial charge in [0.15, 0.2) is 0 Å². The fourth-order valence-corrected chi connectivity index (χ4v) is 1.52. The molecule has 0 atom stereocenters. The van der Waals surface area contributed by atoms with Crippen molar-refractivity contribution in [3.8, 4) is 0 Å². The molecule has 14 heavy (non-hydrogen) atoms. The Hall–Kier alpha value is -0.210. The van der Waals surface area contributed by atoms with Crippen LogP contribution in [0.25, 0.3) is 5.03 Å². The highest BCUT2D eigenvalue weighted by Gasteiger charge is 2.05. The predicted molar refractivity (Wildman–Crippen MR) is 61.6 cm³/mol. The van der Waals surface area contributed by atoms with Crippen LogP contribution in [0.15, 0.2) is 22.7 Å². The summed E-state index contributed by atoms with van der Waals surface area (Å²) in [5.41, 5.74) is 2.50. The summed E-state index contributed by atoms with van der Waals surface area (Å²) in [6, 6.07) is 5.47. The van der Waals surface area contributed by atoms with Crippen molar-refractivity contribution in [3.63, 3.8) is 0 Å². The van der Waals surface area contributed by atoms with E-state index in [1.165, 1.54) is 0 Å². The Morgan fingerprint density at radius 2 is 1.86 bits per heavy atom. The van der Waals surface area contributed by atoms with E-state index in [-0.39, 0.29) is 11.1 Å². The molecule has 1 aromatic rings. The number of hydrogen-bond acceptors (Lipinski definition) is 1. The zero-order chi connectivity index (χ0) is 10.7. The highest BCUT2D eigenvalue weighted by molar-refractivity contribution is 6.66. The van der Waals surface area contributed by atoms with Gasteiger partial charge in [-0.2, -0.15) is 0 Å². The van der Waals surface area contributed by atoms with Gasteiger partial charge in [-0.1, -0.05) is 52.5 Å². The maximum Gasteiger partial charge on any atom is 0.126 e. The first-order valence-electron chi connectivity index (χ1n) is 3.97. The standard InChI is InChI=1S/C10H9Cl3O/c1-6-2-7(5-14)4-8(3-6)9(11)10(12)13/h2-4,14H,5H2,1H3. The molecule has 0 aliphatic carbocycles. The quantitative estimate of drug-likeness (QED) is 0.847. The third-order valence-corrected chi connectivity index (χ3v) is 2.72. The minimum absolute atomic E-state index is 0.0288. The van der Waals surface area contributed by atoms with Crippen LogP contribution in [-0.4, -0.2) is 5.11 Å². The van der Waals surface area contributed by atoms with E-state index in [2.05, 4.69) is 0 Å². The lowest BCUT2D eigenvalue weighted by Crippen LogP contribution is -1.88. The summed E-state index contributed by atoms with van der Waals surface area (Å²) < 4.78 is 0.0288. The molecule has 1 N–H and O–H groups in total. The third-order valence-electron chi connectivity index (χ3n) is 1.74. The number of benzene rings is 1. The van der Waals surface area contributed by atoms with Gasteiger partial charge in [0.1, 0.15) is 4.49 Å². The van der Waals surface area contributed by atoms with E-state index in [4.69, 9.17) is 39.9 Å². The van der Waals surface area contributed by atoms with E-state index >= 15 is 0 Å². The number of halogens is 3. The lowest BCUT2D eigenvalue weighted by atomic mass is 10.1. The summed E-state index contributed by atoms with van der Waals surface area (Å²) in [6.07, 6.45) is 0. The molecule has 0 amide bonds. The lowest BCUT2D eigenvalue weighted by molar-refractivity contribution is 0.281. The van der Waals surface area contributed by atoms with Crippen LogP contribution in [0, 0.1) is 6.92 Å². The highest BCUT2D eigenvalue weighted by atomic mass is 35.5. The summed E-state index contributed by atoms with van der Waals surface area (Å²) >= 11 is 17.0. The van der Waals surface area contributed by atoms with Crippen LogP contribution in [0.5, 0.6) is 0 Å². The first kappa shape index (κ1) is 11.9. The topological polar surface area (TPSA) is 20.2 Å². The van der Waals surface area contributed by atoms with Crippen LogP contribution < -0.4 is 0 Å². The maximum atomic E-state index is 8.98. The van der Waals surface area contributed by atoms with Gasteiger partial charge in [0.2, 0.25) is 0 Å². The molecule has 0 saturated heterocycles. The Morgan fingerprint density at radius 3 is 2.36 bits per heavy atom. The third kappa shape index (κ3) is 2.89. The maximum absolute atomic E-state index is 8.98. The van der Waals surface area contributed by atoms with Gasteiger partial charge in [-0.15, -0.1) is 0 Å². The molecular formula is C10H9Cl3O. The fraction of sp³-hybridized carbons (Fsp3) is 0.200. The van der Waals surface area contributed by atoms with Crippen molar-refractivity contribution in [1.82, 2.24) is 0 Å². The Balaban J connectivity index is 3.23. The molecule has 4 heteroatoms. The number of aliphatic hydroxyl groups excluding tert-OH is 1. The fourth-order valence-electron chi connectivity index (χ4n) is 1.19. The normalized spacial score (nSPS) is 10.1. The van der Waals surface area contributed by atoms with E-state index in [9.17, 15) is 0 Å². The summed E-state index contributed by atoms with van der Waals surface area (Å²) in [6.45, 7) is 1.88.